The van der Waals surface area contributed by atoms with E-state index in [0.29, 0.717) is 19.6 Å². The maximum atomic E-state index is 11.5. The number of benzene rings is 3. The Morgan fingerprint density at radius 3 is 2.41 bits per heavy atom. The van der Waals surface area contributed by atoms with Gasteiger partial charge in [-0.1, -0.05) is 54.6 Å². The minimum absolute atomic E-state index is 0.0686. The van der Waals surface area contributed by atoms with Crippen molar-refractivity contribution in [1.82, 2.24) is 4.57 Å². The molecule has 0 unspecified atom stereocenters. The Kier molecular flexibility index (Phi) is 9.05. The number of aliphatic carboxylic acids is 2. The highest BCUT2D eigenvalue weighted by atomic mass is 32.2. The number of carboxylic acids is 2. The number of carboxylic acid groups (broad SMARTS) is 2. The molecule has 0 saturated heterocycles. The van der Waals surface area contributed by atoms with Gasteiger partial charge in [-0.05, 0) is 53.4 Å². The normalized spacial score (nSPS) is 11.2. The van der Waals surface area contributed by atoms with Gasteiger partial charge in [0.2, 0.25) is 0 Å². The molecular weight excluding hydrogens is 486 g/mol. The fraction of sp³-hybridized carbons (Fsp3) is 0.200. The summed E-state index contributed by atoms with van der Waals surface area (Å²) in [5.41, 5.74) is 3.55. The van der Waals surface area contributed by atoms with Crippen molar-refractivity contribution in [3.63, 3.8) is 0 Å². The summed E-state index contributed by atoms with van der Waals surface area (Å²) < 4.78 is 7.82. The fourth-order valence-electron chi connectivity index (χ4n) is 4.19. The molecule has 0 aliphatic rings. The SMILES string of the molecule is O=C(O)CCCn1cc(CC(=O)O)c2c(/C=C/c3ccc(OCCSc4ccccc4)cc3)cccc21. The lowest BCUT2D eigenvalue weighted by molar-refractivity contribution is -0.137. The number of aromatic nitrogens is 1. The first-order chi connectivity index (χ1) is 18.0. The largest absolute Gasteiger partial charge is 0.493 e. The van der Waals surface area contributed by atoms with Gasteiger partial charge in [-0.3, -0.25) is 9.59 Å². The lowest BCUT2D eigenvalue weighted by Gasteiger charge is -2.07. The van der Waals surface area contributed by atoms with Gasteiger partial charge in [0.25, 0.3) is 0 Å². The zero-order chi connectivity index (χ0) is 26.0. The van der Waals surface area contributed by atoms with Crippen LogP contribution in [0.1, 0.15) is 29.5 Å². The molecule has 4 rings (SSSR count). The molecule has 0 saturated carbocycles. The Balaban J connectivity index is 1.44. The van der Waals surface area contributed by atoms with Crippen molar-refractivity contribution in [1.29, 1.82) is 0 Å². The molecule has 37 heavy (non-hydrogen) atoms. The molecule has 1 aromatic heterocycles. The van der Waals surface area contributed by atoms with E-state index in [1.165, 1.54) is 4.90 Å². The maximum absolute atomic E-state index is 11.5. The third-order valence-corrected chi connectivity index (χ3v) is 6.82. The van der Waals surface area contributed by atoms with Gasteiger partial charge in [-0.2, -0.15) is 0 Å². The predicted molar refractivity (Wildman–Crippen MR) is 148 cm³/mol. The van der Waals surface area contributed by atoms with Gasteiger partial charge in [0.15, 0.2) is 0 Å². The smallest absolute Gasteiger partial charge is 0.307 e. The molecule has 2 N–H and O–H groups in total. The van der Waals surface area contributed by atoms with Crippen molar-refractivity contribution in [2.75, 3.05) is 12.4 Å². The van der Waals surface area contributed by atoms with Crippen LogP contribution >= 0.6 is 11.8 Å². The quantitative estimate of drug-likeness (QED) is 0.120. The number of thioether (sulfide) groups is 1. The molecule has 0 fully saturated rings. The standard InChI is InChI=1S/C30H29NO5S/c32-28(33)10-5-17-31-21-24(20-29(34)35)30-23(6-4-9-27(30)31)14-11-22-12-15-25(16-13-22)36-18-19-37-26-7-2-1-3-8-26/h1-4,6-9,11-16,21H,5,10,17-20H2,(H,32,33)(H,34,35)/b14-11+. The van der Waals surface area contributed by atoms with Crippen molar-refractivity contribution < 1.29 is 24.5 Å². The number of fused-ring (bicyclic) bond motifs is 1. The van der Waals surface area contributed by atoms with Crippen molar-refractivity contribution in [3.05, 3.63) is 95.7 Å². The second-order valence-electron chi connectivity index (χ2n) is 8.57. The van der Waals surface area contributed by atoms with Gasteiger partial charge >= 0.3 is 11.9 Å². The number of hydrogen-bond donors (Lipinski definition) is 2. The Bertz CT molecular complexity index is 1380. The third-order valence-electron chi connectivity index (χ3n) is 5.85. The molecule has 1 heterocycles. The minimum atomic E-state index is -0.902. The van der Waals surface area contributed by atoms with Gasteiger partial charge in [-0.15, -0.1) is 11.8 Å². The highest BCUT2D eigenvalue weighted by molar-refractivity contribution is 7.99. The van der Waals surface area contributed by atoms with Crippen LogP contribution in [0, 0.1) is 0 Å². The molecule has 0 aliphatic carbocycles. The molecule has 3 aromatic carbocycles. The van der Waals surface area contributed by atoms with Crippen molar-refractivity contribution in [2.45, 2.75) is 30.7 Å². The second-order valence-corrected chi connectivity index (χ2v) is 9.74. The summed E-state index contributed by atoms with van der Waals surface area (Å²) in [6, 6.07) is 24.0. The Labute approximate surface area is 220 Å². The van der Waals surface area contributed by atoms with E-state index in [-0.39, 0.29) is 12.8 Å². The van der Waals surface area contributed by atoms with Gasteiger partial charge in [0.1, 0.15) is 5.75 Å². The molecule has 0 atom stereocenters. The van der Waals surface area contributed by atoms with E-state index in [4.69, 9.17) is 9.84 Å². The Morgan fingerprint density at radius 1 is 0.892 bits per heavy atom. The van der Waals surface area contributed by atoms with Crippen molar-refractivity contribution >= 4 is 46.8 Å². The van der Waals surface area contributed by atoms with Crippen LogP contribution in [0.15, 0.2) is 83.9 Å². The zero-order valence-electron chi connectivity index (χ0n) is 20.4. The van der Waals surface area contributed by atoms with E-state index in [0.717, 1.165) is 39.1 Å². The highest BCUT2D eigenvalue weighted by Crippen LogP contribution is 2.28. The fourth-order valence-corrected chi connectivity index (χ4v) is 4.94. The van der Waals surface area contributed by atoms with E-state index >= 15 is 0 Å². The predicted octanol–water partition coefficient (Wildman–Crippen LogP) is 6.47. The number of ether oxygens (including phenoxy) is 1. The molecule has 0 aliphatic heterocycles. The maximum Gasteiger partial charge on any atom is 0.307 e. The number of rotatable bonds is 13. The number of carbonyl (C=O) groups is 2. The highest BCUT2D eigenvalue weighted by Gasteiger charge is 2.14. The first kappa shape index (κ1) is 26.1. The summed E-state index contributed by atoms with van der Waals surface area (Å²) >= 11 is 1.76. The Hall–Kier alpha value is -3.97. The van der Waals surface area contributed by atoms with Crippen molar-refractivity contribution in [3.8, 4) is 5.75 Å². The van der Waals surface area contributed by atoms with Crippen LogP contribution in [-0.2, 0) is 22.6 Å². The first-order valence-electron chi connectivity index (χ1n) is 12.1. The number of nitrogens with zero attached hydrogens (tertiary/aromatic N) is 1. The summed E-state index contributed by atoms with van der Waals surface area (Å²) in [6.07, 6.45) is 6.27. The summed E-state index contributed by atoms with van der Waals surface area (Å²) in [6.45, 7) is 1.13. The van der Waals surface area contributed by atoms with Gasteiger partial charge in [0, 0.05) is 40.7 Å². The van der Waals surface area contributed by atoms with Crippen LogP contribution in [0.4, 0.5) is 0 Å². The summed E-state index contributed by atoms with van der Waals surface area (Å²) in [7, 11) is 0. The minimum Gasteiger partial charge on any atom is -0.493 e. The monoisotopic (exact) mass is 515 g/mol. The zero-order valence-corrected chi connectivity index (χ0v) is 21.2. The van der Waals surface area contributed by atoms with Gasteiger partial charge in [0.05, 0.1) is 13.0 Å². The average molecular weight is 516 g/mol. The lowest BCUT2D eigenvalue weighted by atomic mass is 10.0. The first-order valence-corrected chi connectivity index (χ1v) is 13.1. The van der Waals surface area contributed by atoms with E-state index in [1.54, 1.807) is 11.8 Å². The Morgan fingerprint density at radius 2 is 1.68 bits per heavy atom. The molecule has 0 bridgehead atoms. The van der Waals surface area contributed by atoms with E-state index in [2.05, 4.69) is 12.1 Å². The number of hydrogen-bond acceptors (Lipinski definition) is 4. The van der Waals surface area contributed by atoms with Gasteiger partial charge in [-0.25, -0.2) is 0 Å². The average Bonchev–Trinajstić information content (AvgIpc) is 3.23. The van der Waals surface area contributed by atoms with Crippen LogP contribution < -0.4 is 4.74 Å². The summed E-state index contributed by atoms with van der Waals surface area (Å²) in [4.78, 5) is 23.6. The van der Waals surface area contributed by atoms with Crippen LogP contribution in [0.2, 0.25) is 0 Å². The third kappa shape index (κ3) is 7.51. The lowest BCUT2D eigenvalue weighted by Crippen LogP contribution is -2.01. The topological polar surface area (TPSA) is 88.8 Å². The van der Waals surface area contributed by atoms with Gasteiger partial charge < -0.3 is 19.5 Å². The molecular formula is C30H29NO5S. The van der Waals surface area contributed by atoms with Crippen LogP contribution in [0.3, 0.4) is 0 Å². The molecule has 0 spiro atoms. The van der Waals surface area contributed by atoms with E-state index in [1.807, 2.05) is 83.6 Å². The van der Waals surface area contributed by atoms with Crippen LogP contribution in [0.5, 0.6) is 5.75 Å². The molecule has 4 aromatic rings. The summed E-state index contributed by atoms with van der Waals surface area (Å²) in [5, 5.41) is 19.3. The molecule has 0 amide bonds. The summed E-state index contributed by atoms with van der Waals surface area (Å²) in [5.74, 6) is -0.0610. The van der Waals surface area contributed by atoms with E-state index in [9.17, 15) is 14.7 Å². The molecule has 6 nitrogen and oxygen atoms in total. The molecule has 7 heteroatoms. The van der Waals surface area contributed by atoms with Crippen LogP contribution in [-0.4, -0.2) is 39.1 Å². The number of aryl methyl sites for hydroxylation is 1. The molecule has 190 valence electrons. The second kappa shape index (κ2) is 12.8. The van der Waals surface area contributed by atoms with Crippen LogP contribution in [0.25, 0.3) is 23.1 Å². The molecule has 0 radical (unpaired) electrons. The van der Waals surface area contributed by atoms with Crippen molar-refractivity contribution in [2.24, 2.45) is 0 Å². The van der Waals surface area contributed by atoms with E-state index < -0.39 is 11.9 Å².